The van der Waals surface area contributed by atoms with Gasteiger partial charge in [0.1, 0.15) is 17.6 Å². The van der Waals surface area contributed by atoms with Crippen LogP contribution in [0.15, 0.2) is 53.4 Å². The van der Waals surface area contributed by atoms with Gasteiger partial charge in [-0.25, -0.2) is 17.5 Å². The second kappa shape index (κ2) is 10.9. The van der Waals surface area contributed by atoms with E-state index in [2.05, 4.69) is 15.6 Å². The highest BCUT2D eigenvalue weighted by atomic mass is 32.2. The molecule has 0 unspecified atom stereocenters. The number of hydrazine groups is 1. The molecule has 0 atom stereocenters. The minimum Gasteiger partial charge on any atom is -0.482 e. The summed E-state index contributed by atoms with van der Waals surface area (Å²) in [4.78, 5) is 23.4. The third kappa shape index (κ3) is 7.16. The van der Waals surface area contributed by atoms with Gasteiger partial charge in [-0.2, -0.15) is 5.26 Å². The number of ether oxygens (including phenoxy) is 1. The smallest absolute Gasteiger partial charge is 0.276 e. The van der Waals surface area contributed by atoms with Crippen LogP contribution in [0, 0.1) is 17.1 Å². The number of nitrogens with zero attached hydrogens (tertiary/aromatic N) is 1. The number of hydrogen-bond acceptors (Lipinski definition) is 6. The van der Waals surface area contributed by atoms with Crippen LogP contribution in [0.1, 0.15) is 18.4 Å². The zero-order valence-corrected chi connectivity index (χ0v) is 16.5. The van der Waals surface area contributed by atoms with Gasteiger partial charge in [0, 0.05) is 13.0 Å². The third-order valence-corrected chi connectivity index (χ3v) is 5.18. The topological polar surface area (TPSA) is 137 Å². The van der Waals surface area contributed by atoms with Crippen LogP contribution in [0.4, 0.5) is 4.39 Å². The van der Waals surface area contributed by atoms with E-state index in [-0.39, 0.29) is 35.6 Å². The van der Waals surface area contributed by atoms with Crippen molar-refractivity contribution in [1.82, 2.24) is 15.6 Å². The molecular formula is C19H19FN4O5S. The molecule has 9 nitrogen and oxygen atoms in total. The van der Waals surface area contributed by atoms with Gasteiger partial charge in [-0.1, -0.05) is 12.1 Å². The summed E-state index contributed by atoms with van der Waals surface area (Å²) < 4.78 is 44.4. The Morgan fingerprint density at radius 1 is 1.03 bits per heavy atom. The second-order valence-corrected chi connectivity index (χ2v) is 7.72. The molecule has 0 bridgehead atoms. The molecule has 0 heterocycles. The molecule has 0 spiro atoms. The van der Waals surface area contributed by atoms with Crippen molar-refractivity contribution in [3.05, 3.63) is 59.9 Å². The summed E-state index contributed by atoms with van der Waals surface area (Å²) in [7, 11) is -3.80. The first-order valence-electron chi connectivity index (χ1n) is 8.76. The van der Waals surface area contributed by atoms with E-state index < -0.39 is 34.3 Å². The number of sulfonamides is 1. The number of halogens is 1. The van der Waals surface area contributed by atoms with E-state index in [1.54, 1.807) is 18.2 Å². The zero-order valence-electron chi connectivity index (χ0n) is 15.7. The number of carbonyl (C=O) groups excluding carboxylic acids is 2. The Bertz CT molecular complexity index is 1040. The van der Waals surface area contributed by atoms with Crippen molar-refractivity contribution < 1.29 is 27.1 Å². The summed E-state index contributed by atoms with van der Waals surface area (Å²) in [5, 5.41) is 8.94. The monoisotopic (exact) mass is 434 g/mol. The molecule has 2 rings (SSSR count). The normalized spacial score (nSPS) is 10.7. The fraction of sp³-hybridized carbons (Fsp3) is 0.211. The van der Waals surface area contributed by atoms with Gasteiger partial charge in [-0.05, 0) is 42.8 Å². The number of nitrogens with one attached hydrogen (secondary N) is 3. The average molecular weight is 434 g/mol. The van der Waals surface area contributed by atoms with Gasteiger partial charge in [-0.15, -0.1) is 0 Å². The van der Waals surface area contributed by atoms with Gasteiger partial charge in [0.15, 0.2) is 6.61 Å². The molecule has 0 aliphatic rings. The van der Waals surface area contributed by atoms with Gasteiger partial charge >= 0.3 is 0 Å². The summed E-state index contributed by atoms with van der Waals surface area (Å²) >= 11 is 0. The van der Waals surface area contributed by atoms with E-state index in [1.807, 2.05) is 6.07 Å². The first-order valence-corrected chi connectivity index (χ1v) is 10.2. The Hall–Kier alpha value is -3.49. The SMILES string of the molecule is N#Cc1ccccc1OCC(=O)NNC(=O)CCCNS(=O)(=O)c1ccc(F)cc1. The first-order chi connectivity index (χ1) is 14.3. The number of hydrogen-bond donors (Lipinski definition) is 3. The van der Waals surface area contributed by atoms with E-state index in [0.717, 1.165) is 24.3 Å². The molecule has 0 saturated carbocycles. The van der Waals surface area contributed by atoms with Crippen LogP contribution in [0.3, 0.4) is 0 Å². The van der Waals surface area contributed by atoms with Crippen molar-refractivity contribution in [2.24, 2.45) is 0 Å². The largest absolute Gasteiger partial charge is 0.482 e. The fourth-order valence-corrected chi connectivity index (χ4v) is 3.29. The molecule has 158 valence electrons. The van der Waals surface area contributed by atoms with E-state index in [9.17, 15) is 22.4 Å². The Morgan fingerprint density at radius 2 is 1.70 bits per heavy atom. The van der Waals surface area contributed by atoms with Gasteiger partial charge in [-0.3, -0.25) is 20.4 Å². The molecule has 30 heavy (non-hydrogen) atoms. The van der Waals surface area contributed by atoms with E-state index in [1.165, 1.54) is 6.07 Å². The van der Waals surface area contributed by atoms with Crippen molar-refractivity contribution in [2.75, 3.05) is 13.2 Å². The van der Waals surface area contributed by atoms with Crippen molar-refractivity contribution >= 4 is 21.8 Å². The van der Waals surface area contributed by atoms with Crippen LogP contribution in [0.25, 0.3) is 0 Å². The zero-order chi connectivity index (χ0) is 22.0. The molecule has 3 N–H and O–H groups in total. The minimum absolute atomic E-state index is 0.0187. The number of para-hydroxylation sites is 1. The molecule has 0 aliphatic carbocycles. The van der Waals surface area contributed by atoms with Gasteiger partial charge in [0.05, 0.1) is 10.5 Å². The van der Waals surface area contributed by atoms with Crippen LogP contribution in [0.5, 0.6) is 5.75 Å². The second-order valence-electron chi connectivity index (χ2n) is 5.95. The lowest BCUT2D eigenvalue weighted by molar-refractivity contribution is -0.130. The predicted octanol–water partition coefficient (Wildman–Crippen LogP) is 0.982. The summed E-state index contributed by atoms with van der Waals surface area (Å²) in [6.07, 6.45) is 0.124. The molecule has 0 fully saturated rings. The maximum Gasteiger partial charge on any atom is 0.276 e. The van der Waals surface area contributed by atoms with E-state index in [4.69, 9.17) is 10.00 Å². The lowest BCUT2D eigenvalue weighted by atomic mass is 10.2. The number of rotatable bonds is 9. The molecule has 0 aliphatic heterocycles. The number of benzene rings is 2. The minimum atomic E-state index is -3.80. The summed E-state index contributed by atoms with van der Waals surface area (Å²) in [5.74, 6) is -1.46. The number of nitriles is 1. The molecule has 2 amide bonds. The van der Waals surface area contributed by atoms with Crippen molar-refractivity contribution in [1.29, 1.82) is 5.26 Å². The molecule has 0 aromatic heterocycles. The standard InChI is InChI=1S/C19H19FN4O5S/c20-15-7-9-16(10-8-15)30(27,28)22-11-3-6-18(25)23-24-19(26)13-29-17-5-2-1-4-14(17)12-21/h1-2,4-5,7-10,22H,3,6,11,13H2,(H,23,25)(H,24,26). The Balaban J connectivity index is 1.65. The third-order valence-electron chi connectivity index (χ3n) is 3.70. The Kier molecular flexibility index (Phi) is 8.28. The summed E-state index contributed by atoms with van der Waals surface area (Å²) in [6, 6.07) is 12.7. The Morgan fingerprint density at radius 3 is 2.40 bits per heavy atom. The van der Waals surface area contributed by atoms with Crippen LogP contribution in [0.2, 0.25) is 0 Å². The number of carbonyl (C=O) groups is 2. The lowest BCUT2D eigenvalue weighted by Crippen LogP contribution is -2.44. The van der Waals surface area contributed by atoms with E-state index in [0.29, 0.717) is 0 Å². The highest BCUT2D eigenvalue weighted by Crippen LogP contribution is 2.16. The highest BCUT2D eigenvalue weighted by Gasteiger charge is 2.13. The Labute approximate surface area is 172 Å². The lowest BCUT2D eigenvalue weighted by Gasteiger charge is -2.10. The highest BCUT2D eigenvalue weighted by molar-refractivity contribution is 7.89. The molecular weight excluding hydrogens is 415 g/mol. The van der Waals surface area contributed by atoms with Gasteiger partial charge in [0.2, 0.25) is 15.9 Å². The average Bonchev–Trinajstić information content (AvgIpc) is 2.74. The van der Waals surface area contributed by atoms with Gasteiger partial charge < -0.3 is 4.74 Å². The number of amides is 2. The predicted molar refractivity (Wildman–Crippen MR) is 104 cm³/mol. The molecule has 2 aromatic carbocycles. The maximum absolute atomic E-state index is 12.9. The van der Waals surface area contributed by atoms with Gasteiger partial charge in [0.25, 0.3) is 5.91 Å². The molecule has 0 saturated heterocycles. The summed E-state index contributed by atoms with van der Waals surface area (Å²) in [5.41, 5.74) is 4.61. The van der Waals surface area contributed by atoms with Crippen molar-refractivity contribution in [3.63, 3.8) is 0 Å². The van der Waals surface area contributed by atoms with Crippen LogP contribution >= 0.6 is 0 Å². The quantitative estimate of drug-likeness (QED) is 0.397. The van der Waals surface area contributed by atoms with Crippen LogP contribution in [-0.4, -0.2) is 33.4 Å². The molecule has 0 radical (unpaired) electrons. The van der Waals surface area contributed by atoms with Crippen LogP contribution < -0.4 is 20.3 Å². The molecule has 2 aromatic rings. The molecule has 11 heteroatoms. The van der Waals surface area contributed by atoms with Crippen LogP contribution in [-0.2, 0) is 19.6 Å². The van der Waals surface area contributed by atoms with Crippen molar-refractivity contribution in [3.8, 4) is 11.8 Å². The first kappa shape index (κ1) is 22.8. The summed E-state index contributed by atoms with van der Waals surface area (Å²) in [6.45, 7) is -0.425. The van der Waals surface area contributed by atoms with Crippen molar-refractivity contribution in [2.45, 2.75) is 17.7 Å². The maximum atomic E-state index is 12.9. The fourth-order valence-electron chi connectivity index (χ4n) is 2.22. The van der Waals surface area contributed by atoms with E-state index >= 15 is 0 Å².